The fourth-order valence-corrected chi connectivity index (χ4v) is 3.14. The van der Waals surface area contributed by atoms with Gasteiger partial charge in [0, 0.05) is 13.1 Å². The van der Waals surface area contributed by atoms with Crippen LogP contribution < -0.4 is 4.90 Å². The van der Waals surface area contributed by atoms with Crippen LogP contribution in [0.4, 0.5) is 5.82 Å². The van der Waals surface area contributed by atoms with E-state index in [-0.39, 0.29) is 5.69 Å². The first-order valence-corrected chi connectivity index (χ1v) is 6.19. The number of hydrogen-bond donors (Lipinski definition) is 1. The summed E-state index contributed by atoms with van der Waals surface area (Å²) < 4.78 is 0. The fourth-order valence-electron chi connectivity index (χ4n) is 3.14. The Morgan fingerprint density at radius 2 is 2.00 bits per heavy atom. The second-order valence-corrected chi connectivity index (χ2v) is 5.04. The summed E-state index contributed by atoms with van der Waals surface area (Å²) in [5.74, 6) is 1.46. The molecule has 0 aromatic carbocycles. The number of carbonyl (C=O) groups is 1. The maximum atomic E-state index is 10.9. The maximum absolute atomic E-state index is 10.9. The molecule has 0 amide bonds. The molecule has 17 heavy (non-hydrogen) atoms. The van der Waals surface area contributed by atoms with Gasteiger partial charge in [-0.1, -0.05) is 12.5 Å². The third kappa shape index (κ3) is 1.88. The smallest absolute Gasteiger partial charge is 0.354 e. The largest absolute Gasteiger partial charge is 0.477 e. The summed E-state index contributed by atoms with van der Waals surface area (Å²) >= 11 is 0. The van der Waals surface area contributed by atoms with Crippen molar-refractivity contribution in [1.29, 1.82) is 0 Å². The predicted octanol–water partition coefficient (Wildman–Crippen LogP) is 2.02. The zero-order chi connectivity index (χ0) is 11.8. The van der Waals surface area contributed by atoms with Gasteiger partial charge in [0.1, 0.15) is 5.82 Å². The number of pyridine rings is 1. The molecule has 1 aliphatic heterocycles. The van der Waals surface area contributed by atoms with E-state index >= 15 is 0 Å². The Labute approximate surface area is 100 Å². The van der Waals surface area contributed by atoms with Gasteiger partial charge in [-0.2, -0.15) is 0 Å². The monoisotopic (exact) mass is 232 g/mol. The molecule has 1 aromatic heterocycles. The van der Waals surface area contributed by atoms with E-state index in [0.29, 0.717) is 0 Å². The van der Waals surface area contributed by atoms with E-state index in [9.17, 15) is 4.79 Å². The molecule has 0 bridgehead atoms. The minimum atomic E-state index is -0.953. The summed E-state index contributed by atoms with van der Waals surface area (Å²) in [6.45, 7) is 2.08. The Balaban J connectivity index is 1.81. The Morgan fingerprint density at radius 3 is 2.65 bits per heavy atom. The third-order valence-electron chi connectivity index (χ3n) is 4.00. The normalized spacial score (nSPS) is 27.2. The number of hydrogen-bond acceptors (Lipinski definition) is 3. The molecule has 2 heterocycles. The van der Waals surface area contributed by atoms with Crippen molar-refractivity contribution in [2.75, 3.05) is 18.0 Å². The molecule has 1 saturated heterocycles. The van der Waals surface area contributed by atoms with Crippen molar-refractivity contribution < 1.29 is 9.90 Å². The molecule has 0 unspecified atom stereocenters. The number of carboxylic acid groups (broad SMARTS) is 1. The summed E-state index contributed by atoms with van der Waals surface area (Å²) in [6, 6.07) is 5.23. The summed E-state index contributed by atoms with van der Waals surface area (Å²) in [4.78, 5) is 17.3. The van der Waals surface area contributed by atoms with E-state index in [0.717, 1.165) is 30.7 Å². The molecular formula is C13H16N2O2. The van der Waals surface area contributed by atoms with E-state index in [1.807, 2.05) is 6.07 Å². The number of aromatic nitrogens is 1. The first-order chi connectivity index (χ1) is 8.24. The van der Waals surface area contributed by atoms with Gasteiger partial charge in [-0.3, -0.25) is 0 Å². The highest BCUT2D eigenvalue weighted by molar-refractivity contribution is 5.85. The molecule has 2 atom stereocenters. The van der Waals surface area contributed by atoms with Crippen molar-refractivity contribution in [3.05, 3.63) is 23.9 Å². The van der Waals surface area contributed by atoms with E-state index < -0.39 is 5.97 Å². The first-order valence-electron chi connectivity index (χ1n) is 6.19. The zero-order valence-corrected chi connectivity index (χ0v) is 9.67. The molecule has 4 nitrogen and oxygen atoms in total. The second-order valence-electron chi connectivity index (χ2n) is 5.04. The maximum Gasteiger partial charge on any atom is 0.354 e. The summed E-state index contributed by atoms with van der Waals surface area (Å²) in [5, 5.41) is 8.93. The molecule has 0 spiro atoms. The van der Waals surface area contributed by atoms with E-state index in [1.165, 1.54) is 19.3 Å². The Kier molecular flexibility index (Phi) is 2.50. The highest BCUT2D eigenvalue weighted by Crippen LogP contribution is 2.38. The van der Waals surface area contributed by atoms with E-state index in [4.69, 9.17) is 5.11 Å². The lowest BCUT2D eigenvalue weighted by Crippen LogP contribution is -2.22. The molecular weight excluding hydrogens is 216 g/mol. The summed E-state index contributed by atoms with van der Waals surface area (Å²) in [6.07, 6.45) is 3.99. The summed E-state index contributed by atoms with van der Waals surface area (Å²) in [5.41, 5.74) is 0.138. The molecule has 2 fully saturated rings. The lowest BCUT2D eigenvalue weighted by atomic mass is 10.0. The van der Waals surface area contributed by atoms with Crippen LogP contribution in [0.15, 0.2) is 18.2 Å². The number of rotatable bonds is 2. The van der Waals surface area contributed by atoms with Gasteiger partial charge in [0.2, 0.25) is 0 Å². The Bertz CT molecular complexity index is 435. The first kappa shape index (κ1) is 10.6. The number of carboxylic acids is 1. The Morgan fingerprint density at radius 1 is 1.29 bits per heavy atom. The minimum Gasteiger partial charge on any atom is -0.477 e. The Hall–Kier alpha value is -1.58. The van der Waals surface area contributed by atoms with Crippen LogP contribution in [0, 0.1) is 11.8 Å². The molecule has 90 valence electrons. The highest BCUT2D eigenvalue weighted by Gasteiger charge is 2.36. The van der Waals surface area contributed by atoms with Crippen LogP contribution in [0.3, 0.4) is 0 Å². The summed E-state index contributed by atoms with van der Waals surface area (Å²) in [7, 11) is 0. The molecule has 4 heteroatoms. The topological polar surface area (TPSA) is 53.4 Å². The predicted molar refractivity (Wildman–Crippen MR) is 64.2 cm³/mol. The van der Waals surface area contributed by atoms with Crippen LogP contribution in [0.1, 0.15) is 29.8 Å². The molecule has 2 aliphatic rings. The third-order valence-corrected chi connectivity index (χ3v) is 4.00. The standard InChI is InChI=1S/C13H16N2O2/c16-13(17)11-5-2-6-12(14-11)15-7-9-3-1-4-10(9)8-15/h2,5-6,9-10H,1,3-4,7-8H2,(H,16,17)/t9-,10+. The highest BCUT2D eigenvalue weighted by atomic mass is 16.4. The van der Waals surface area contributed by atoms with Crippen molar-refractivity contribution >= 4 is 11.8 Å². The van der Waals surface area contributed by atoms with Crippen molar-refractivity contribution in [1.82, 2.24) is 4.98 Å². The van der Waals surface area contributed by atoms with Gasteiger partial charge in [0.05, 0.1) is 0 Å². The van der Waals surface area contributed by atoms with Crippen molar-refractivity contribution in [2.45, 2.75) is 19.3 Å². The number of anilines is 1. The van der Waals surface area contributed by atoms with Crippen molar-refractivity contribution in [2.24, 2.45) is 11.8 Å². The number of aromatic carboxylic acids is 1. The number of fused-ring (bicyclic) bond motifs is 1. The van der Waals surface area contributed by atoms with E-state index in [1.54, 1.807) is 12.1 Å². The van der Waals surface area contributed by atoms with E-state index in [2.05, 4.69) is 9.88 Å². The number of nitrogens with zero attached hydrogens (tertiary/aromatic N) is 2. The van der Waals surface area contributed by atoms with Crippen LogP contribution in [0.5, 0.6) is 0 Å². The van der Waals surface area contributed by atoms with Gasteiger partial charge < -0.3 is 10.0 Å². The van der Waals surface area contributed by atoms with Gasteiger partial charge in [0.25, 0.3) is 0 Å². The lowest BCUT2D eigenvalue weighted by molar-refractivity contribution is 0.0690. The second kappa shape index (κ2) is 4.02. The molecule has 1 aromatic rings. The molecule has 3 rings (SSSR count). The molecule has 0 radical (unpaired) electrons. The van der Waals surface area contributed by atoms with Crippen LogP contribution in [0.2, 0.25) is 0 Å². The van der Waals surface area contributed by atoms with Gasteiger partial charge in [-0.15, -0.1) is 0 Å². The van der Waals surface area contributed by atoms with Crippen molar-refractivity contribution in [3.8, 4) is 0 Å². The zero-order valence-electron chi connectivity index (χ0n) is 9.67. The quantitative estimate of drug-likeness (QED) is 0.847. The average Bonchev–Trinajstić information content (AvgIpc) is 2.89. The van der Waals surface area contributed by atoms with Gasteiger partial charge in [-0.05, 0) is 36.8 Å². The minimum absolute atomic E-state index is 0.138. The van der Waals surface area contributed by atoms with Crippen LogP contribution in [-0.2, 0) is 0 Å². The van der Waals surface area contributed by atoms with Crippen LogP contribution >= 0.6 is 0 Å². The van der Waals surface area contributed by atoms with Gasteiger partial charge in [0.15, 0.2) is 5.69 Å². The fraction of sp³-hybridized carbons (Fsp3) is 0.538. The van der Waals surface area contributed by atoms with Crippen LogP contribution in [-0.4, -0.2) is 29.1 Å². The lowest BCUT2D eigenvalue weighted by Gasteiger charge is -2.18. The average molecular weight is 232 g/mol. The molecule has 1 aliphatic carbocycles. The van der Waals surface area contributed by atoms with Gasteiger partial charge in [-0.25, -0.2) is 9.78 Å². The van der Waals surface area contributed by atoms with Crippen molar-refractivity contribution in [3.63, 3.8) is 0 Å². The van der Waals surface area contributed by atoms with Crippen LogP contribution in [0.25, 0.3) is 0 Å². The SMILES string of the molecule is O=C(O)c1cccc(N2C[C@H]3CCC[C@H]3C2)n1. The molecule has 1 N–H and O–H groups in total. The molecule has 1 saturated carbocycles. The van der Waals surface area contributed by atoms with Gasteiger partial charge >= 0.3 is 5.97 Å².